The van der Waals surface area contributed by atoms with Gasteiger partial charge in [0.25, 0.3) is 5.56 Å². The summed E-state index contributed by atoms with van der Waals surface area (Å²) in [6, 6.07) is 11.4. The van der Waals surface area contributed by atoms with E-state index in [1.807, 2.05) is 47.2 Å². The number of aromatic nitrogens is 4. The van der Waals surface area contributed by atoms with Gasteiger partial charge in [-0.3, -0.25) is 9.78 Å². The Balaban J connectivity index is 1.51. The average Bonchev–Trinajstić information content (AvgIpc) is 3.19. The van der Waals surface area contributed by atoms with Crippen molar-refractivity contribution in [3.63, 3.8) is 0 Å². The van der Waals surface area contributed by atoms with Gasteiger partial charge in [0.2, 0.25) is 0 Å². The van der Waals surface area contributed by atoms with E-state index in [2.05, 4.69) is 20.3 Å². The van der Waals surface area contributed by atoms with Crippen LogP contribution in [0.25, 0.3) is 22.3 Å². The van der Waals surface area contributed by atoms with Crippen LogP contribution < -0.4 is 15.6 Å². The van der Waals surface area contributed by atoms with Crippen molar-refractivity contribution in [3.8, 4) is 17.1 Å². The predicted octanol–water partition coefficient (Wildman–Crippen LogP) is 3.30. The van der Waals surface area contributed by atoms with Gasteiger partial charge in [-0.15, -0.1) is 0 Å². The van der Waals surface area contributed by atoms with Crippen LogP contribution in [-0.2, 0) is 6.54 Å². The Hall–Kier alpha value is -3.61. The van der Waals surface area contributed by atoms with Crippen LogP contribution in [0.3, 0.4) is 0 Å². The molecule has 1 aromatic carbocycles. The minimum Gasteiger partial charge on any atom is -0.497 e. The maximum absolute atomic E-state index is 12.6. The number of methoxy groups -OCH3 is 1. The molecule has 4 rings (SSSR count). The molecule has 142 valence electrons. The summed E-state index contributed by atoms with van der Waals surface area (Å²) in [5, 5.41) is 4.27. The molecule has 0 aliphatic heterocycles. The van der Waals surface area contributed by atoms with Gasteiger partial charge >= 0.3 is 0 Å². The Bertz CT molecular complexity index is 1130. The van der Waals surface area contributed by atoms with E-state index in [0.29, 0.717) is 17.1 Å². The third-order valence-electron chi connectivity index (χ3n) is 4.58. The SMILES string of the molecule is COc1ccc2cc(-c3nccn3CCCNc3cccnc3)c(=O)[nH]c2c1. The van der Waals surface area contributed by atoms with E-state index >= 15 is 0 Å². The molecular formula is C21H21N5O2. The summed E-state index contributed by atoms with van der Waals surface area (Å²) >= 11 is 0. The Morgan fingerprint density at radius 2 is 2.14 bits per heavy atom. The zero-order chi connectivity index (χ0) is 19.3. The first-order chi connectivity index (χ1) is 13.7. The molecule has 0 fully saturated rings. The van der Waals surface area contributed by atoms with Crippen LogP contribution in [0.15, 0.2) is 66.0 Å². The normalized spacial score (nSPS) is 10.9. The number of anilines is 1. The Kier molecular flexibility index (Phi) is 5.05. The van der Waals surface area contributed by atoms with Crippen molar-refractivity contribution in [3.05, 3.63) is 71.5 Å². The molecule has 7 heteroatoms. The van der Waals surface area contributed by atoms with Gasteiger partial charge in [-0.2, -0.15) is 0 Å². The highest BCUT2D eigenvalue weighted by Crippen LogP contribution is 2.22. The Morgan fingerprint density at radius 3 is 2.96 bits per heavy atom. The molecule has 2 N–H and O–H groups in total. The molecule has 0 atom stereocenters. The van der Waals surface area contributed by atoms with Gasteiger partial charge in [-0.05, 0) is 42.1 Å². The topological polar surface area (TPSA) is 84.8 Å². The van der Waals surface area contributed by atoms with Crippen molar-refractivity contribution in [2.24, 2.45) is 0 Å². The molecule has 7 nitrogen and oxygen atoms in total. The number of nitrogens with zero attached hydrogens (tertiary/aromatic N) is 3. The van der Waals surface area contributed by atoms with Crippen molar-refractivity contribution >= 4 is 16.6 Å². The highest BCUT2D eigenvalue weighted by molar-refractivity contribution is 5.83. The number of pyridine rings is 2. The number of hydrogen-bond donors (Lipinski definition) is 2. The molecule has 0 saturated heterocycles. The summed E-state index contributed by atoms with van der Waals surface area (Å²) < 4.78 is 7.23. The third-order valence-corrected chi connectivity index (χ3v) is 4.58. The van der Waals surface area contributed by atoms with Crippen molar-refractivity contribution in [2.75, 3.05) is 19.0 Å². The van der Waals surface area contributed by atoms with Gasteiger partial charge in [0, 0.05) is 43.9 Å². The number of benzene rings is 1. The minimum absolute atomic E-state index is 0.165. The lowest BCUT2D eigenvalue weighted by Crippen LogP contribution is -2.13. The quantitative estimate of drug-likeness (QED) is 0.484. The monoisotopic (exact) mass is 375 g/mol. The Morgan fingerprint density at radius 1 is 1.21 bits per heavy atom. The molecule has 4 aromatic rings. The number of hydrogen-bond acceptors (Lipinski definition) is 5. The fourth-order valence-electron chi connectivity index (χ4n) is 3.16. The lowest BCUT2D eigenvalue weighted by Gasteiger charge is -2.10. The summed E-state index contributed by atoms with van der Waals surface area (Å²) in [6.45, 7) is 1.56. The molecule has 3 heterocycles. The number of fused-ring (bicyclic) bond motifs is 1. The van der Waals surface area contributed by atoms with Crippen LogP contribution >= 0.6 is 0 Å². The maximum Gasteiger partial charge on any atom is 0.259 e. The van der Waals surface area contributed by atoms with Gasteiger partial charge in [-0.25, -0.2) is 4.98 Å². The second-order valence-electron chi connectivity index (χ2n) is 6.43. The number of imidazole rings is 1. The number of rotatable bonds is 7. The lowest BCUT2D eigenvalue weighted by atomic mass is 10.1. The van der Waals surface area contributed by atoms with E-state index in [1.165, 1.54) is 0 Å². The van der Waals surface area contributed by atoms with Gasteiger partial charge in [0.05, 0.1) is 23.9 Å². The van der Waals surface area contributed by atoms with Crippen LogP contribution in [0.1, 0.15) is 6.42 Å². The fraction of sp³-hybridized carbons (Fsp3) is 0.190. The van der Waals surface area contributed by atoms with Crippen molar-refractivity contribution < 1.29 is 4.74 Å². The zero-order valence-corrected chi connectivity index (χ0v) is 15.6. The second-order valence-corrected chi connectivity index (χ2v) is 6.43. The zero-order valence-electron chi connectivity index (χ0n) is 15.6. The van der Waals surface area contributed by atoms with E-state index in [0.717, 1.165) is 36.1 Å². The molecule has 0 spiro atoms. The van der Waals surface area contributed by atoms with E-state index in [4.69, 9.17) is 4.74 Å². The summed E-state index contributed by atoms with van der Waals surface area (Å²) in [5.41, 5.74) is 2.13. The van der Waals surface area contributed by atoms with Gasteiger partial charge in [0.15, 0.2) is 0 Å². The first kappa shape index (κ1) is 17.8. The van der Waals surface area contributed by atoms with Crippen LogP contribution in [0.4, 0.5) is 5.69 Å². The highest BCUT2D eigenvalue weighted by Gasteiger charge is 2.12. The largest absolute Gasteiger partial charge is 0.497 e. The molecule has 0 radical (unpaired) electrons. The second kappa shape index (κ2) is 7.96. The molecule has 0 amide bonds. The van der Waals surface area contributed by atoms with Crippen LogP contribution in [0, 0.1) is 0 Å². The third kappa shape index (κ3) is 3.73. The molecule has 0 bridgehead atoms. The smallest absolute Gasteiger partial charge is 0.259 e. The molecular weight excluding hydrogens is 354 g/mol. The van der Waals surface area contributed by atoms with Gasteiger partial charge in [-0.1, -0.05) is 0 Å². The van der Waals surface area contributed by atoms with E-state index in [9.17, 15) is 4.79 Å². The van der Waals surface area contributed by atoms with Crippen LogP contribution in [-0.4, -0.2) is 33.2 Å². The average molecular weight is 375 g/mol. The summed E-state index contributed by atoms with van der Waals surface area (Å²) in [7, 11) is 1.60. The van der Waals surface area contributed by atoms with Crippen molar-refractivity contribution in [2.45, 2.75) is 13.0 Å². The number of aromatic amines is 1. The van der Waals surface area contributed by atoms with Crippen LogP contribution in [0.2, 0.25) is 0 Å². The van der Waals surface area contributed by atoms with Crippen molar-refractivity contribution in [1.82, 2.24) is 19.5 Å². The van der Waals surface area contributed by atoms with E-state index in [1.54, 1.807) is 25.7 Å². The standard InChI is InChI=1S/C21H21N5O2/c1-28-17-6-5-15-12-18(21(27)25-19(15)13-17)20-24-9-11-26(20)10-3-8-23-16-4-2-7-22-14-16/h2,4-7,9,11-14,23H,3,8,10H2,1H3,(H,25,27). The molecule has 28 heavy (non-hydrogen) atoms. The van der Waals surface area contributed by atoms with E-state index < -0.39 is 0 Å². The Labute approximate surface area is 162 Å². The first-order valence-electron chi connectivity index (χ1n) is 9.11. The number of ether oxygens (including phenoxy) is 1. The van der Waals surface area contributed by atoms with Crippen LogP contribution in [0.5, 0.6) is 5.75 Å². The molecule has 0 aliphatic rings. The number of aryl methyl sites for hydroxylation is 1. The molecule has 0 saturated carbocycles. The fourth-order valence-corrected chi connectivity index (χ4v) is 3.16. The van der Waals surface area contributed by atoms with E-state index in [-0.39, 0.29) is 5.56 Å². The predicted molar refractivity (Wildman–Crippen MR) is 110 cm³/mol. The highest BCUT2D eigenvalue weighted by atomic mass is 16.5. The molecule has 0 unspecified atom stereocenters. The summed E-state index contributed by atoms with van der Waals surface area (Å²) in [4.78, 5) is 24.1. The summed E-state index contributed by atoms with van der Waals surface area (Å²) in [6.07, 6.45) is 8.06. The summed E-state index contributed by atoms with van der Waals surface area (Å²) in [5.74, 6) is 1.37. The lowest BCUT2D eigenvalue weighted by molar-refractivity contribution is 0.415. The maximum atomic E-state index is 12.6. The molecule has 3 aromatic heterocycles. The van der Waals surface area contributed by atoms with Gasteiger partial charge < -0.3 is 19.6 Å². The minimum atomic E-state index is -0.165. The van der Waals surface area contributed by atoms with Crippen molar-refractivity contribution in [1.29, 1.82) is 0 Å². The number of nitrogens with one attached hydrogen (secondary N) is 2. The molecule has 0 aliphatic carbocycles. The van der Waals surface area contributed by atoms with Gasteiger partial charge in [0.1, 0.15) is 11.6 Å². The first-order valence-corrected chi connectivity index (χ1v) is 9.11. The number of H-pyrrole nitrogens is 1.